The Labute approximate surface area is 108 Å². The molecule has 17 heavy (non-hydrogen) atoms. The first-order valence-electron chi connectivity index (χ1n) is 4.86. The largest absolute Gasteiger partial charge is 0.496 e. The highest BCUT2D eigenvalue weighted by Crippen LogP contribution is 2.37. The highest BCUT2D eigenvalue weighted by Gasteiger charge is 2.17. The lowest BCUT2D eigenvalue weighted by Crippen LogP contribution is -2.10. The molecule has 0 saturated carbocycles. The smallest absolute Gasteiger partial charge is 0.131 e. The van der Waals surface area contributed by atoms with Crippen molar-refractivity contribution in [1.29, 1.82) is 0 Å². The van der Waals surface area contributed by atoms with Crippen LogP contribution in [-0.4, -0.2) is 21.3 Å². The minimum atomic E-state index is -0.337. The molecule has 0 aliphatic heterocycles. The third-order valence-electron chi connectivity index (χ3n) is 2.34. The van der Waals surface area contributed by atoms with Gasteiger partial charge in [0.05, 0.1) is 32.9 Å². The normalized spacial score (nSPS) is 11.1. The maximum atomic E-state index is 5.92. The number of methoxy groups -OCH3 is 3. The van der Waals surface area contributed by atoms with Crippen LogP contribution in [0.2, 0.25) is 0 Å². The number of hydrogen-bond donors (Lipinski definition) is 1. The van der Waals surface area contributed by atoms with Gasteiger partial charge in [0, 0.05) is 12.1 Å². The number of hydrogen-bond acceptors (Lipinski definition) is 4. The summed E-state index contributed by atoms with van der Waals surface area (Å²) in [6.45, 7) is 3.66. The SMILES string of the molecule is C=C[C@H](N)c1c(OC)cc(OC)cc1OC.Cl. The summed E-state index contributed by atoms with van der Waals surface area (Å²) >= 11 is 0. The highest BCUT2D eigenvalue weighted by atomic mass is 35.5. The van der Waals surface area contributed by atoms with Gasteiger partial charge in [0.2, 0.25) is 0 Å². The third-order valence-corrected chi connectivity index (χ3v) is 2.34. The summed E-state index contributed by atoms with van der Waals surface area (Å²) in [6, 6.07) is 3.19. The summed E-state index contributed by atoms with van der Waals surface area (Å²) in [4.78, 5) is 0. The first-order chi connectivity index (χ1) is 7.67. The van der Waals surface area contributed by atoms with Gasteiger partial charge < -0.3 is 19.9 Å². The number of ether oxygens (including phenoxy) is 3. The Morgan fingerprint density at radius 1 is 1.12 bits per heavy atom. The van der Waals surface area contributed by atoms with Crippen LogP contribution in [0, 0.1) is 0 Å². The molecule has 0 saturated heterocycles. The zero-order valence-electron chi connectivity index (χ0n) is 10.2. The van der Waals surface area contributed by atoms with Crippen molar-refractivity contribution in [2.24, 2.45) is 5.73 Å². The molecular formula is C12H18ClNO3. The minimum Gasteiger partial charge on any atom is -0.496 e. The van der Waals surface area contributed by atoms with Gasteiger partial charge in [-0.2, -0.15) is 0 Å². The lowest BCUT2D eigenvalue weighted by Gasteiger charge is -2.17. The van der Waals surface area contributed by atoms with Gasteiger partial charge in [-0.25, -0.2) is 0 Å². The predicted octanol–water partition coefficient (Wildman–Crippen LogP) is 2.32. The standard InChI is InChI=1S/C12H17NO3.ClH/c1-5-9(13)12-10(15-3)6-8(14-2)7-11(12)16-4;/h5-7,9H,1,13H2,2-4H3;1H/t9-;/m0./s1. The summed E-state index contributed by atoms with van der Waals surface area (Å²) in [5.41, 5.74) is 6.68. The Bertz CT molecular complexity index is 357. The van der Waals surface area contributed by atoms with Gasteiger partial charge in [-0.05, 0) is 0 Å². The van der Waals surface area contributed by atoms with E-state index in [0.29, 0.717) is 17.2 Å². The van der Waals surface area contributed by atoms with E-state index < -0.39 is 0 Å². The maximum Gasteiger partial charge on any atom is 0.131 e. The van der Waals surface area contributed by atoms with Crippen LogP contribution in [0.5, 0.6) is 17.2 Å². The van der Waals surface area contributed by atoms with Gasteiger partial charge in [0.15, 0.2) is 0 Å². The monoisotopic (exact) mass is 259 g/mol. The number of nitrogens with two attached hydrogens (primary N) is 1. The van der Waals surface area contributed by atoms with E-state index in [2.05, 4.69) is 6.58 Å². The topological polar surface area (TPSA) is 53.7 Å². The van der Waals surface area contributed by atoms with E-state index >= 15 is 0 Å². The van der Waals surface area contributed by atoms with Crippen LogP contribution in [0.1, 0.15) is 11.6 Å². The summed E-state index contributed by atoms with van der Waals surface area (Å²) in [5.74, 6) is 1.92. The molecule has 4 nitrogen and oxygen atoms in total. The summed E-state index contributed by atoms with van der Waals surface area (Å²) in [6.07, 6.45) is 1.63. The van der Waals surface area contributed by atoms with E-state index in [1.807, 2.05) is 0 Å². The Kier molecular flexibility index (Phi) is 6.46. The lowest BCUT2D eigenvalue weighted by molar-refractivity contribution is 0.367. The van der Waals surface area contributed by atoms with Crippen LogP contribution >= 0.6 is 12.4 Å². The molecule has 0 fully saturated rings. The average Bonchev–Trinajstić information content (AvgIpc) is 2.35. The van der Waals surface area contributed by atoms with Gasteiger partial charge in [-0.1, -0.05) is 6.08 Å². The van der Waals surface area contributed by atoms with Crippen molar-refractivity contribution in [2.75, 3.05) is 21.3 Å². The van der Waals surface area contributed by atoms with Gasteiger partial charge in [0.1, 0.15) is 17.2 Å². The number of rotatable bonds is 5. The molecular weight excluding hydrogens is 242 g/mol. The maximum absolute atomic E-state index is 5.92. The Morgan fingerprint density at radius 3 is 1.88 bits per heavy atom. The van der Waals surface area contributed by atoms with Crippen molar-refractivity contribution in [3.63, 3.8) is 0 Å². The molecule has 0 aromatic heterocycles. The van der Waals surface area contributed by atoms with Crippen molar-refractivity contribution >= 4 is 12.4 Å². The van der Waals surface area contributed by atoms with Gasteiger partial charge in [-0.3, -0.25) is 0 Å². The number of halogens is 1. The molecule has 0 amide bonds. The molecule has 0 unspecified atom stereocenters. The third kappa shape index (κ3) is 3.28. The minimum absolute atomic E-state index is 0. The Morgan fingerprint density at radius 2 is 1.59 bits per heavy atom. The summed E-state index contributed by atoms with van der Waals surface area (Å²) in [7, 11) is 4.74. The Balaban J connectivity index is 0.00000256. The molecule has 1 aromatic carbocycles. The van der Waals surface area contributed by atoms with Crippen LogP contribution in [0.15, 0.2) is 24.8 Å². The fourth-order valence-corrected chi connectivity index (χ4v) is 1.48. The highest BCUT2D eigenvalue weighted by molar-refractivity contribution is 5.85. The molecule has 1 atom stereocenters. The van der Waals surface area contributed by atoms with Crippen molar-refractivity contribution in [3.05, 3.63) is 30.4 Å². The average molecular weight is 260 g/mol. The molecule has 0 radical (unpaired) electrons. The van der Waals surface area contributed by atoms with Crippen molar-refractivity contribution < 1.29 is 14.2 Å². The fraction of sp³-hybridized carbons (Fsp3) is 0.333. The quantitative estimate of drug-likeness (QED) is 0.825. The van der Waals surface area contributed by atoms with Crippen LogP contribution in [0.25, 0.3) is 0 Å². The van der Waals surface area contributed by atoms with E-state index in [9.17, 15) is 0 Å². The second-order valence-electron chi connectivity index (χ2n) is 3.21. The van der Waals surface area contributed by atoms with Crippen molar-refractivity contribution in [2.45, 2.75) is 6.04 Å². The first kappa shape index (κ1) is 15.6. The Hall–Kier alpha value is -1.39. The van der Waals surface area contributed by atoms with E-state index in [1.165, 1.54) is 0 Å². The second kappa shape index (κ2) is 7.04. The molecule has 0 aliphatic carbocycles. The van der Waals surface area contributed by atoms with Crippen LogP contribution in [0.4, 0.5) is 0 Å². The van der Waals surface area contributed by atoms with Gasteiger partial charge in [0.25, 0.3) is 0 Å². The van der Waals surface area contributed by atoms with Crippen molar-refractivity contribution in [1.82, 2.24) is 0 Å². The molecule has 0 bridgehead atoms. The first-order valence-corrected chi connectivity index (χ1v) is 4.86. The predicted molar refractivity (Wildman–Crippen MR) is 70.5 cm³/mol. The van der Waals surface area contributed by atoms with Gasteiger partial charge >= 0.3 is 0 Å². The number of benzene rings is 1. The molecule has 2 N–H and O–H groups in total. The fourth-order valence-electron chi connectivity index (χ4n) is 1.48. The summed E-state index contributed by atoms with van der Waals surface area (Å²) < 4.78 is 15.7. The lowest BCUT2D eigenvalue weighted by atomic mass is 10.0. The van der Waals surface area contributed by atoms with E-state index in [1.54, 1.807) is 39.5 Å². The molecule has 5 heteroatoms. The zero-order chi connectivity index (χ0) is 12.1. The van der Waals surface area contributed by atoms with Gasteiger partial charge in [-0.15, -0.1) is 19.0 Å². The van der Waals surface area contributed by atoms with Crippen LogP contribution in [-0.2, 0) is 0 Å². The van der Waals surface area contributed by atoms with Crippen LogP contribution in [0.3, 0.4) is 0 Å². The van der Waals surface area contributed by atoms with Crippen molar-refractivity contribution in [3.8, 4) is 17.2 Å². The molecule has 0 heterocycles. The molecule has 1 rings (SSSR count). The molecule has 96 valence electrons. The van der Waals surface area contributed by atoms with E-state index in [4.69, 9.17) is 19.9 Å². The zero-order valence-corrected chi connectivity index (χ0v) is 11.0. The molecule has 1 aromatic rings. The van der Waals surface area contributed by atoms with E-state index in [-0.39, 0.29) is 18.4 Å². The second-order valence-corrected chi connectivity index (χ2v) is 3.21. The molecule has 0 spiro atoms. The summed E-state index contributed by atoms with van der Waals surface area (Å²) in [5, 5.41) is 0. The van der Waals surface area contributed by atoms with Crippen LogP contribution < -0.4 is 19.9 Å². The molecule has 0 aliphatic rings. The van der Waals surface area contributed by atoms with E-state index in [0.717, 1.165) is 5.56 Å².